The van der Waals surface area contributed by atoms with Crippen molar-refractivity contribution in [1.82, 2.24) is 24.9 Å². The highest BCUT2D eigenvalue weighted by atomic mass is 32.1. The van der Waals surface area contributed by atoms with Crippen LogP contribution in [0.3, 0.4) is 0 Å². The maximum atomic E-state index is 14.3. The van der Waals surface area contributed by atoms with Gasteiger partial charge in [-0.25, -0.2) is 8.78 Å². The fraction of sp³-hybridized carbons (Fsp3) is 0.333. The lowest BCUT2D eigenvalue weighted by Gasteiger charge is -2.26. The topological polar surface area (TPSA) is 47.7 Å². The summed E-state index contributed by atoms with van der Waals surface area (Å²) in [6.45, 7) is 1.17. The van der Waals surface area contributed by atoms with E-state index in [9.17, 15) is 8.78 Å². The molecule has 0 saturated carbocycles. The zero-order valence-corrected chi connectivity index (χ0v) is 14.9. The standard InChI is InChI=1S/C18H17F2N5S/c1-24-8-11-4-10(5-13(19)17(11)22-24)16-6-12-9-25(23-18(12)26-16)15-2-3-21-7-14(15)20/h4-6,8-9,14-15,21H,2-3,7H2,1H3/t14-,15+/m0/s1. The maximum Gasteiger partial charge on any atom is 0.151 e. The number of thiophene rings is 1. The first-order valence-electron chi connectivity index (χ1n) is 8.55. The number of rotatable bonds is 2. The van der Waals surface area contributed by atoms with Crippen LogP contribution in [0.25, 0.3) is 31.6 Å². The van der Waals surface area contributed by atoms with Gasteiger partial charge in [-0.3, -0.25) is 9.36 Å². The summed E-state index contributed by atoms with van der Waals surface area (Å²) in [5, 5.41) is 13.5. The lowest BCUT2D eigenvalue weighted by atomic mass is 10.1. The summed E-state index contributed by atoms with van der Waals surface area (Å²) >= 11 is 1.50. The molecule has 1 aliphatic heterocycles. The Hall–Kier alpha value is -2.32. The second-order valence-electron chi connectivity index (χ2n) is 6.76. The minimum absolute atomic E-state index is 0.219. The highest BCUT2D eigenvalue weighted by molar-refractivity contribution is 7.21. The molecule has 5 rings (SSSR count). The molecule has 0 aliphatic carbocycles. The van der Waals surface area contributed by atoms with Gasteiger partial charge in [-0.05, 0) is 36.7 Å². The van der Waals surface area contributed by atoms with Crippen LogP contribution >= 0.6 is 11.3 Å². The number of alkyl halides is 1. The Morgan fingerprint density at radius 1 is 1.19 bits per heavy atom. The fourth-order valence-corrected chi connectivity index (χ4v) is 4.61. The van der Waals surface area contributed by atoms with E-state index in [1.165, 1.54) is 17.4 Å². The molecule has 0 radical (unpaired) electrons. The Bertz CT molecular complexity index is 1080. The molecule has 5 nitrogen and oxygen atoms in total. The molecule has 26 heavy (non-hydrogen) atoms. The molecule has 0 amide bonds. The first kappa shape index (κ1) is 15.9. The Labute approximate surface area is 152 Å². The normalized spacial score (nSPS) is 21.0. The number of nitrogens with zero attached hydrogens (tertiary/aromatic N) is 4. The molecular formula is C18H17F2N5S. The van der Waals surface area contributed by atoms with Crippen LogP contribution in [0.4, 0.5) is 8.78 Å². The van der Waals surface area contributed by atoms with E-state index in [4.69, 9.17) is 0 Å². The Morgan fingerprint density at radius 2 is 2.08 bits per heavy atom. The molecule has 8 heteroatoms. The third kappa shape index (κ3) is 2.52. The maximum absolute atomic E-state index is 14.3. The Balaban J connectivity index is 1.53. The van der Waals surface area contributed by atoms with E-state index in [0.717, 1.165) is 39.0 Å². The molecule has 0 unspecified atom stereocenters. The quantitative estimate of drug-likeness (QED) is 0.583. The minimum atomic E-state index is -0.931. The van der Waals surface area contributed by atoms with Crippen molar-refractivity contribution >= 4 is 32.5 Å². The van der Waals surface area contributed by atoms with E-state index < -0.39 is 6.17 Å². The first-order valence-corrected chi connectivity index (χ1v) is 9.37. The molecule has 1 N–H and O–H groups in total. The van der Waals surface area contributed by atoms with E-state index >= 15 is 0 Å². The number of fused-ring (bicyclic) bond motifs is 2. The number of piperidine rings is 1. The molecule has 1 aromatic carbocycles. The lowest BCUT2D eigenvalue weighted by molar-refractivity contribution is 0.174. The number of benzene rings is 1. The first-order chi connectivity index (χ1) is 12.6. The average Bonchev–Trinajstić information content (AvgIpc) is 3.27. The van der Waals surface area contributed by atoms with Crippen LogP contribution in [0.5, 0.6) is 0 Å². The van der Waals surface area contributed by atoms with Gasteiger partial charge in [0.2, 0.25) is 0 Å². The van der Waals surface area contributed by atoms with Gasteiger partial charge < -0.3 is 5.32 Å². The van der Waals surface area contributed by atoms with Crippen LogP contribution < -0.4 is 5.32 Å². The second-order valence-corrected chi connectivity index (χ2v) is 7.79. The van der Waals surface area contributed by atoms with Crippen molar-refractivity contribution in [2.24, 2.45) is 7.05 Å². The van der Waals surface area contributed by atoms with E-state index in [0.29, 0.717) is 12.1 Å². The summed E-state index contributed by atoms with van der Waals surface area (Å²) in [4.78, 5) is 1.79. The highest BCUT2D eigenvalue weighted by Gasteiger charge is 2.27. The van der Waals surface area contributed by atoms with Crippen LogP contribution in [0.1, 0.15) is 12.5 Å². The SMILES string of the molecule is Cn1cc2cc(-c3cc4cn([C@@H]5CCNC[C@@H]5F)nc4s3)cc(F)c2n1. The van der Waals surface area contributed by atoms with Crippen molar-refractivity contribution in [1.29, 1.82) is 0 Å². The lowest BCUT2D eigenvalue weighted by Crippen LogP contribution is -2.39. The van der Waals surface area contributed by atoms with Crippen molar-refractivity contribution in [3.8, 4) is 10.4 Å². The summed E-state index contributed by atoms with van der Waals surface area (Å²) in [5.74, 6) is -0.329. The third-order valence-electron chi connectivity index (χ3n) is 4.89. The number of nitrogens with one attached hydrogen (secondary N) is 1. The van der Waals surface area contributed by atoms with Gasteiger partial charge in [0.15, 0.2) is 5.82 Å². The number of hydrogen-bond donors (Lipinski definition) is 1. The highest BCUT2D eigenvalue weighted by Crippen LogP contribution is 2.36. The van der Waals surface area contributed by atoms with E-state index in [-0.39, 0.29) is 11.9 Å². The van der Waals surface area contributed by atoms with Gasteiger partial charge in [0.05, 0.1) is 6.04 Å². The van der Waals surface area contributed by atoms with Gasteiger partial charge in [-0.15, -0.1) is 11.3 Å². The van der Waals surface area contributed by atoms with Gasteiger partial charge in [0, 0.05) is 41.6 Å². The molecule has 3 aromatic heterocycles. The Morgan fingerprint density at radius 3 is 2.88 bits per heavy atom. The van der Waals surface area contributed by atoms with Crippen molar-refractivity contribution in [2.75, 3.05) is 13.1 Å². The van der Waals surface area contributed by atoms with Gasteiger partial charge in [0.25, 0.3) is 0 Å². The van der Waals surface area contributed by atoms with E-state index in [1.807, 2.05) is 18.3 Å². The smallest absolute Gasteiger partial charge is 0.151 e. The molecule has 1 saturated heterocycles. The van der Waals surface area contributed by atoms with Crippen LogP contribution in [-0.2, 0) is 7.05 Å². The average molecular weight is 373 g/mol. The minimum Gasteiger partial charge on any atom is -0.314 e. The molecule has 2 atom stereocenters. The predicted octanol–water partition coefficient (Wildman–Crippen LogP) is 3.66. The van der Waals surface area contributed by atoms with Crippen LogP contribution in [-0.4, -0.2) is 38.8 Å². The molecule has 4 heterocycles. The summed E-state index contributed by atoms with van der Waals surface area (Å²) in [6, 6.07) is 5.23. The monoisotopic (exact) mass is 373 g/mol. The third-order valence-corrected chi connectivity index (χ3v) is 5.98. The van der Waals surface area contributed by atoms with Gasteiger partial charge in [-0.1, -0.05) is 0 Å². The number of aromatic nitrogens is 4. The predicted molar refractivity (Wildman–Crippen MR) is 98.7 cm³/mol. The van der Waals surface area contributed by atoms with Crippen LogP contribution in [0.2, 0.25) is 0 Å². The summed E-state index contributed by atoms with van der Waals surface area (Å²) < 4.78 is 31.8. The molecule has 4 aromatic rings. The zero-order chi connectivity index (χ0) is 17.8. The molecule has 1 fully saturated rings. The van der Waals surface area contributed by atoms with Gasteiger partial charge in [0.1, 0.15) is 16.5 Å². The molecule has 0 bridgehead atoms. The molecule has 0 spiro atoms. The van der Waals surface area contributed by atoms with Gasteiger partial charge >= 0.3 is 0 Å². The summed E-state index contributed by atoms with van der Waals surface area (Å²) in [6.07, 6.45) is 3.50. The summed E-state index contributed by atoms with van der Waals surface area (Å²) in [7, 11) is 1.78. The largest absolute Gasteiger partial charge is 0.314 e. The van der Waals surface area contributed by atoms with Crippen molar-refractivity contribution in [3.05, 3.63) is 36.4 Å². The second kappa shape index (κ2) is 5.85. The van der Waals surface area contributed by atoms with Crippen molar-refractivity contribution in [2.45, 2.75) is 18.6 Å². The van der Waals surface area contributed by atoms with Crippen molar-refractivity contribution < 1.29 is 8.78 Å². The Kier molecular flexibility index (Phi) is 3.58. The number of hydrogen-bond acceptors (Lipinski definition) is 4. The van der Waals surface area contributed by atoms with Crippen LogP contribution in [0, 0.1) is 5.82 Å². The van der Waals surface area contributed by atoms with E-state index in [2.05, 4.69) is 15.5 Å². The van der Waals surface area contributed by atoms with Gasteiger partial charge in [-0.2, -0.15) is 10.2 Å². The number of halogens is 2. The van der Waals surface area contributed by atoms with E-state index in [1.54, 1.807) is 22.6 Å². The number of aryl methyl sites for hydroxylation is 1. The summed E-state index contributed by atoms with van der Waals surface area (Å²) in [5.41, 5.74) is 1.19. The molecular weight excluding hydrogens is 356 g/mol. The fourth-order valence-electron chi connectivity index (χ4n) is 3.61. The van der Waals surface area contributed by atoms with Crippen molar-refractivity contribution in [3.63, 3.8) is 0 Å². The zero-order valence-electron chi connectivity index (χ0n) is 14.1. The molecule has 134 valence electrons. The van der Waals surface area contributed by atoms with Crippen LogP contribution in [0.15, 0.2) is 30.6 Å². The molecule has 1 aliphatic rings.